The van der Waals surface area contributed by atoms with Crippen LogP contribution in [-0.2, 0) is 4.74 Å². The molecule has 92 valence electrons. The number of ether oxygens (including phenoxy) is 1. The molecular weight excluding hydrogens is 216 g/mol. The van der Waals surface area contributed by atoms with Crippen LogP contribution in [0, 0.1) is 6.92 Å². The molecule has 0 bridgehead atoms. The number of benzene rings is 1. The molecule has 2 N–H and O–H groups in total. The van der Waals surface area contributed by atoms with Gasteiger partial charge in [0.1, 0.15) is 0 Å². The van der Waals surface area contributed by atoms with Gasteiger partial charge < -0.3 is 15.4 Å². The summed E-state index contributed by atoms with van der Waals surface area (Å²) in [4.78, 5) is 14.1. The van der Waals surface area contributed by atoms with Gasteiger partial charge in [-0.3, -0.25) is 4.79 Å². The van der Waals surface area contributed by atoms with Crippen LogP contribution in [-0.4, -0.2) is 37.1 Å². The fourth-order valence-electron chi connectivity index (χ4n) is 1.94. The van der Waals surface area contributed by atoms with Gasteiger partial charge in [0.2, 0.25) is 0 Å². The van der Waals surface area contributed by atoms with E-state index in [0.717, 1.165) is 30.8 Å². The normalized spacial score (nSPS) is 16.6. The van der Waals surface area contributed by atoms with Crippen LogP contribution in [0.5, 0.6) is 0 Å². The summed E-state index contributed by atoms with van der Waals surface area (Å²) in [6.45, 7) is 4.71. The molecule has 4 nitrogen and oxygen atoms in total. The van der Waals surface area contributed by atoms with Gasteiger partial charge in [-0.05, 0) is 37.1 Å². The van der Waals surface area contributed by atoms with E-state index in [1.54, 1.807) is 12.1 Å². The topological polar surface area (TPSA) is 55.6 Å². The standard InChI is InChI=1S/C13H18N2O2/c1-10-9-11(3-4-12(10)14)13(16)15-5-2-7-17-8-6-15/h3-4,9H,2,5-8,14H2,1H3. The molecule has 0 radical (unpaired) electrons. The van der Waals surface area contributed by atoms with E-state index in [9.17, 15) is 4.79 Å². The second-order valence-corrected chi connectivity index (χ2v) is 4.33. The van der Waals surface area contributed by atoms with Crippen molar-refractivity contribution in [2.75, 3.05) is 32.0 Å². The van der Waals surface area contributed by atoms with Crippen molar-refractivity contribution in [3.63, 3.8) is 0 Å². The molecule has 4 heteroatoms. The first-order chi connectivity index (χ1) is 8.18. The Balaban J connectivity index is 2.14. The average molecular weight is 234 g/mol. The molecule has 1 aromatic rings. The van der Waals surface area contributed by atoms with Gasteiger partial charge in [-0.25, -0.2) is 0 Å². The van der Waals surface area contributed by atoms with Crippen LogP contribution in [0.1, 0.15) is 22.3 Å². The SMILES string of the molecule is Cc1cc(C(=O)N2CCCOCC2)ccc1N. The quantitative estimate of drug-likeness (QED) is 0.748. The predicted octanol–water partition coefficient (Wildman–Crippen LogP) is 1.44. The molecular formula is C13H18N2O2. The summed E-state index contributed by atoms with van der Waals surface area (Å²) >= 11 is 0. The minimum absolute atomic E-state index is 0.0681. The minimum Gasteiger partial charge on any atom is -0.399 e. The number of hydrogen-bond acceptors (Lipinski definition) is 3. The molecule has 0 atom stereocenters. The van der Waals surface area contributed by atoms with E-state index in [-0.39, 0.29) is 5.91 Å². The van der Waals surface area contributed by atoms with Crippen LogP contribution in [0.4, 0.5) is 5.69 Å². The molecule has 1 fully saturated rings. The maximum absolute atomic E-state index is 12.2. The number of carbonyl (C=O) groups is 1. The first-order valence-corrected chi connectivity index (χ1v) is 5.91. The highest BCUT2D eigenvalue weighted by Gasteiger charge is 2.17. The van der Waals surface area contributed by atoms with Crippen LogP contribution in [0.3, 0.4) is 0 Å². The fraction of sp³-hybridized carbons (Fsp3) is 0.462. The molecule has 0 aliphatic carbocycles. The van der Waals surface area contributed by atoms with Gasteiger partial charge >= 0.3 is 0 Å². The minimum atomic E-state index is 0.0681. The zero-order valence-corrected chi connectivity index (χ0v) is 10.1. The van der Waals surface area contributed by atoms with Gasteiger partial charge in [0.25, 0.3) is 5.91 Å². The highest BCUT2D eigenvalue weighted by molar-refractivity contribution is 5.94. The monoisotopic (exact) mass is 234 g/mol. The summed E-state index contributed by atoms with van der Waals surface area (Å²) in [6.07, 6.45) is 0.902. The van der Waals surface area contributed by atoms with Gasteiger partial charge in [0.05, 0.1) is 6.61 Å². The molecule has 1 saturated heterocycles. The summed E-state index contributed by atoms with van der Waals surface area (Å²) < 4.78 is 5.34. The zero-order chi connectivity index (χ0) is 12.3. The molecule has 1 aliphatic heterocycles. The lowest BCUT2D eigenvalue weighted by molar-refractivity contribution is 0.0741. The van der Waals surface area contributed by atoms with Crippen molar-refractivity contribution >= 4 is 11.6 Å². The van der Waals surface area contributed by atoms with Gasteiger partial charge in [-0.1, -0.05) is 0 Å². The molecule has 1 heterocycles. The third kappa shape index (κ3) is 2.77. The maximum Gasteiger partial charge on any atom is 0.253 e. The third-order valence-electron chi connectivity index (χ3n) is 3.03. The van der Waals surface area contributed by atoms with Gasteiger partial charge in [-0.15, -0.1) is 0 Å². The van der Waals surface area contributed by atoms with Crippen molar-refractivity contribution in [2.45, 2.75) is 13.3 Å². The number of rotatable bonds is 1. The lowest BCUT2D eigenvalue weighted by Crippen LogP contribution is -2.33. The number of hydrogen-bond donors (Lipinski definition) is 1. The first kappa shape index (κ1) is 11.9. The highest BCUT2D eigenvalue weighted by Crippen LogP contribution is 2.15. The van der Waals surface area contributed by atoms with E-state index < -0.39 is 0 Å². The van der Waals surface area contributed by atoms with Crippen molar-refractivity contribution in [3.8, 4) is 0 Å². The molecule has 0 unspecified atom stereocenters. The first-order valence-electron chi connectivity index (χ1n) is 5.91. The molecule has 0 aromatic heterocycles. The summed E-state index contributed by atoms with van der Waals surface area (Å²) in [5, 5.41) is 0. The summed E-state index contributed by atoms with van der Waals surface area (Å²) in [6, 6.07) is 5.43. The average Bonchev–Trinajstić information content (AvgIpc) is 2.60. The van der Waals surface area contributed by atoms with Crippen LogP contribution < -0.4 is 5.73 Å². The molecule has 2 rings (SSSR count). The van der Waals surface area contributed by atoms with E-state index in [1.165, 1.54) is 0 Å². The Labute approximate surface area is 101 Å². The molecule has 1 aromatic carbocycles. The number of nitrogens with zero attached hydrogens (tertiary/aromatic N) is 1. The number of nitrogen functional groups attached to an aromatic ring is 1. The Hall–Kier alpha value is -1.55. The van der Waals surface area contributed by atoms with Crippen molar-refractivity contribution < 1.29 is 9.53 Å². The summed E-state index contributed by atoms with van der Waals surface area (Å²) in [7, 11) is 0. The smallest absolute Gasteiger partial charge is 0.253 e. The van der Waals surface area contributed by atoms with Crippen LogP contribution >= 0.6 is 0 Å². The van der Waals surface area contributed by atoms with Crippen LogP contribution in [0.2, 0.25) is 0 Å². The number of amides is 1. The Bertz CT molecular complexity index is 410. The number of anilines is 1. The molecule has 0 spiro atoms. The van der Waals surface area contributed by atoms with Crippen molar-refractivity contribution in [1.29, 1.82) is 0 Å². The zero-order valence-electron chi connectivity index (χ0n) is 10.1. The lowest BCUT2D eigenvalue weighted by Gasteiger charge is -2.20. The van der Waals surface area contributed by atoms with Gasteiger partial charge in [-0.2, -0.15) is 0 Å². The molecule has 0 saturated carbocycles. The molecule has 1 amide bonds. The fourth-order valence-corrected chi connectivity index (χ4v) is 1.94. The second kappa shape index (κ2) is 5.19. The largest absolute Gasteiger partial charge is 0.399 e. The second-order valence-electron chi connectivity index (χ2n) is 4.33. The Morgan fingerprint density at radius 1 is 1.35 bits per heavy atom. The third-order valence-corrected chi connectivity index (χ3v) is 3.03. The molecule has 17 heavy (non-hydrogen) atoms. The van der Waals surface area contributed by atoms with Crippen molar-refractivity contribution in [1.82, 2.24) is 4.90 Å². The predicted molar refractivity (Wildman–Crippen MR) is 66.9 cm³/mol. The van der Waals surface area contributed by atoms with Crippen LogP contribution in [0.25, 0.3) is 0 Å². The number of nitrogens with two attached hydrogens (primary N) is 1. The maximum atomic E-state index is 12.2. The highest BCUT2D eigenvalue weighted by atomic mass is 16.5. The van der Waals surface area contributed by atoms with Crippen LogP contribution in [0.15, 0.2) is 18.2 Å². The van der Waals surface area contributed by atoms with Crippen molar-refractivity contribution in [3.05, 3.63) is 29.3 Å². The van der Waals surface area contributed by atoms with Gasteiger partial charge in [0.15, 0.2) is 0 Å². The van der Waals surface area contributed by atoms with E-state index in [0.29, 0.717) is 18.7 Å². The van der Waals surface area contributed by atoms with E-state index in [4.69, 9.17) is 10.5 Å². The number of carbonyl (C=O) groups excluding carboxylic acids is 1. The number of aryl methyl sites for hydroxylation is 1. The van der Waals surface area contributed by atoms with Gasteiger partial charge in [0, 0.05) is 30.9 Å². The Morgan fingerprint density at radius 2 is 2.18 bits per heavy atom. The van der Waals surface area contributed by atoms with E-state index in [2.05, 4.69) is 0 Å². The lowest BCUT2D eigenvalue weighted by atomic mass is 10.1. The van der Waals surface area contributed by atoms with E-state index in [1.807, 2.05) is 17.9 Å². The van der Waals surface area contributed by atoms with Crippen molar-refractivity contribution in [2.24, 2.45) is 0 Å². The summed E-state index contributed by atoms with van der Waals surface area (Å²) in [5.41, 5.74) is 8.12. The van der Waals surface area contributed by atoms with E-state index >= 15 is 0 Å². The summed E-state index contributed by atoms with van der Waals surface area (Å²) in [5.74, 6) is 0.0681. The Kier molecular flexibility index (Phi) is 3.64. The molecule has 1 aliphatic rings. The Morgan fingerprint density at radius 3 is 2.94 bits per heavy atom.